The number of likely N-dealkylation sites (tertiary alicyclic amines) is 1. The molecular formula is C18H20N2O3. The number of nitrogens with one attached hydrogen (secondary N) is 1. The normalized spacial score (nSPS) is 15.7. The van der Waals surface area contributed by atoms with Crippen LogP contribution in [-0.4, -0.2) is 29.8 Å². The van der Waals surface area contributed by atoms with Gasteiger partial charge in [-0.05, 0) is 25.0 Å². The molecule has 1 aromatic carbocycles. The largest absolute Gasteiger partial charge is 0.469 e. The Labute approximate surface area is 135 Å². The zero-order chi connectivity index (χ0) is 16.2. The summed E-state index contributed by atoms with van der Waals surface area (Å²) in [5.41, 5.74) is 1.51. The van der Waals surface area contributed by atoms with Crippen LogP contribution >= 0.6 is 0 Å². The smallest absolute Gasteiger partial charge is 0.255 e. The quantitative estimate of drug-likeness (QED) is 0.923. The number of carbonyl (C=O) groups is 2. The minimum absolute atomic E-state index is 0.152. The van der Waals surface area contributed by atoms with Crippen LogP contribution in [0.3, 0.4) is 0 Å². The summed E-state index contributed by atoms with van der Waals surface area (Å²) in [6, 6.07) is 11.2. The van der Waals surface area contributed by atoms with E-state index in [9.17, 15) is 9.59 Å². The van der Waals surface area contributed by atoms with Crippen molar-refractivity contribution in [3.63, 3.8) is 0 Å². The van der Waals surface area contributed by atoms with Gasteiger partial charge in [-0.1, -0.05) is 30.3 Å². The van der Waals surface area contributed by atoms with Crippen molar-refractivity contribution in [2.75, 3.05) is 13.1 Å². The molecule has 1 unspecified atom stereocenters. The number of hydrogen-bond donors (Lipinski definition) is 1. The van der Waals surface area contributed by atoms with E-state index in [-0.39, 0.29) is 17.9 Å². The first kappa shape index (κ1) is 15.3. The van der Waals surface area contributed by atoms with Crippen molar-refractivity contribution in [3.8, 4) is 0 Å². The van der Waals surface area contributed by atoms with Gasteiger partial charge in [-0.15, -0.1) is 0 Å². The molecule has 1 aliphatic rings. The Balaban J connectivity index is 1.79. The molecule has 1 atom stereocenters. The highest BCUT2D eigenvalue weighted by Crippen LogP contribution is 2.20. The Morgan fingerprint density at radius 2 is 2.09 bits per heavy atom. The second kappa shape index (κ2) is 6.69. The standard InChI is InChI=1S/C18H20N2O3/c1-13-15(9-11-23-13)18(22)19-16(14-6-3-2-4-7-14)12-20-10-5-8-17(20)21/h2-4,6-7,9,11,16H,5,8,10,12H2,1H3,(H,19,22). The van der Waals surface area contributed by atoms with Crippen molar-refractivity contribution < 1.29 is 14.0 Å². The van der Waals surface area contributed by atoms with Gasteiger partial charge in [0.1, 0.15) is 5.76 Å². The van der Waals surface area contributed by atoms with E-state index < -0.39 is 0 Å². The van der Waals surface area contributed by atoms with E-state index in [1.165, 1.54) is 6.26 Å². The van der Waals surface area contributed by atoms with Crippen molar-refractivity contribution in [2.24, 2.45) is 0 Å². The van der Waals surface area contributed by atoms with Crippen LogP contribution in [0.5, 0.6) is 0 Å². The molecule has 1 saturated heterocycles. The number of aryl methyl sites for hydroxylation is 1. The molecule has 1 fully saturated rings. The third kappa shape index (κ3) is 3.44. The summed E-state index contributed by atoms with van der Waals surface area (Å²) in [4.78, 5) is 26.2. The van der Waals surface area contributed by atoms with Crippen LogP contribution in [0, 0.1) is 6.92 Å². The van der Waals surface area contributed by atoms with E-state index >= 15 is 0 Å². The lowest BCUT2D eigenvalue weighted by Gasteiger charge is -2.25. The average molecular weight is 312 g/mol. The summed E-state index contributed by atoms with van der Waals surface area (Å²) in [5.74, 6) is 0.558. The Bertz CT molecular complexity index is 693. The number of rotatable bonds is 5. The number of carbonyl (C=O) groups excluding carboxylic acids is 2. The number of nitrogens with zero attached hydrogens (tertiary/aromatic N) is 1. The van der Waals surface area contributed by atoms with Crippen LogP contribution < -0.4 is 5.32 Å². The maximum Gasteiger partial charge on any atom is 0.255 e. The van der Waals surface area contributed by atoms with Crippen LogP contribution in [0.4, 0.5) is 0 Å². The zero-order valence-electron chi connectivity index (χ0n) is 13.1. The van der Waals surface area contributed by atoms with Crippen molar-refractivity contribution in [1.82, 2.24) is 10.2 Å². The predicted octanol–water partition coefficient (Wildman–Crippen LogP) is 2.68. The molecule has 0 radical (unpaired) electrons. The van der Waals surface area contributed by atoms with Gasteiger partial charge in [0.2, 0.25) is 5.91 Å². The molecule has 3 rings (SSSR count). The van der Waals surface area contributed by atoms with E-state index in [0.717, 1.165) is 18.5 Å². The molecule has 0 aliphatic carbocycles. The van der Waals surface area contributed by atoms with E-state index in [1.807, 2.05) is 35.2 Å². The monoisotopic (exact) mass is 312 g/mol. The Morgan fingerprint density at radius 1 is 1.30 bits per heavy atom. The topological polar surface area (TPSA) is 62.6 Å². The van der Waals surface area contributed by atoms with E-state index in [4.69, 9.17) is 4.42 Å². The summed E-state index contributed by atoms with van der Waals surface area (Å²) >= 11 is 0. The van der Waals surface area contributed by atoms with Crippen molar-refractivity contribution in [1.29, 1.82) is 0 Å². The second-order valence-corrected chi connectivity index (χ2v) is 5.77. The molecule has 23 heavy (non-hydrogen) atoms. The molecule has 2 aromatic rings. The first-order chi connectivity index (χ1) is 11.1. The van der Waals surface area contributed by atoms with Gasteiger partial charge in [0.05, 0.1) is 17.9 Å². The van der Waals surface area contributed by atoms with Crippen LogP contribution in [0.15, 0.2) is 47.1 Å². The molecule has 2 heterocycles. The molecule has 0 bridgehead atoms. The zero-order valence-corrected chi connectivity index (χ0v) is 13.1. The van der Waals surface area contributed by atoms with Gasteiger partial charge >= 0.3 is 0 Å². The Morgan fingerprint density at radius 3 is 2.70 bits per heavy atom. The highest BCUT2D eigenvalue weighted by molar-refractivity contribution is 5.95. The van der Waals surface area contributed by atoms with Crippen LogP contribution in [-0.2, 0) is 4.79 Å². The summed E-state index contributed by atoms with van der Waals surface area (Å²) < 4.78 is 5.20. The average Bonchev–Trinajstić information content (AvgIpc) is 3.16. The van der Waals surface area contributed by atoms with Crippen LogP contribution in [0.25, 0.3) is 0 Å². The maximum absolute atomic E-state index is 12.5. The van der Waals surface area contributed by atoms with Gasteiger partial charge in [-0.25, -0.2) is 0 Å². The fraction of sp³-hybridized carbons (Fsp3) is 0.333. The Kier molecular flexibility index (Phi) is 4.46. The molecule has 1 aliphatic heterocycles. The van der Waals surface area contributed by atoms with Crippen LogP contribution in [0.2, 0.25) is 0 Å². The van der Waals surface area contributed by atoms with Crippen LogP contribution in [0.1, 0.15) is 40.6 Å². The molecule has 2 amide bonds. The van der Waals surface area contributed by atoms with Gasteiger partial charge in [0.15, 0.2) is 0 Å². The minimum atomic E-state index is -0.236. The molecule has 1 aromatic heterocycles. The summed E-state index contributed by atoms with van der Waals surface area (Å²) in [6.45, 7) is 3.00. The fourth-order valence-corrected chi connectivity index (χ4v) is 2.89. The third-order valence-corrected chi connectivity index (χ3v) is 4.19. The van der Waals surface area contributed by atoms with Crippen molar-refractivity contribution >= 4 is 11.8 Å². The van der Waals surface area contributed by atoms with Gasteiger partial charge < -0.3 is 14.6 Å². The predicted molar refractivity (Wildman–Crippen MR) is 85.9 cm³/mol. The SMILES string of the molecule is Cc1occc1C(=O)NC(CN1CCCC1=O)c1ccccc1. The van der Waals surface area contributed by atoms with E-state index in [1.54, 1.807) is 13.0 Å². The van der Waals surface area contributed by atoms with Gasteiger partial charge in [-0.2, -0.15) is 0 Å². The number of amides is 2. The molecule has 0 spiro atoms. The first-order valence-electron chi connectivity index (χ1n) is 7.83. The summed E-state index contributed by atoms with van der Waals surface area (Å²) in [7, 11) is 0. The van der Waals surface area contributed by atoms with Gasteiger partial charge in [0, 0.05) is 19.5 Å². The fourth-order valence-electron chi connectivity index (χ4n) is 2.89. The van der Waals surface area contributed by atoms with E-state index in [0.29, 0.717) is 24.3 Å². The molecule has 0 saturated carbocycles. The molecule has 5 nitrogen and oxygen atoms in total. The number of hydrogen-bond acceptors (Lipinski definition) is 3. The van der Waals surface area contributed by atoms with Crippen molar-refractivity contribution in [2.45, 2.75) is 25.8 Å². The minimum Gasteiger partial charge on any atom is -0.469 e. The summed E-state index contributed by atoms with van der Waals surface area (Å²) in [5, 5.41) is 3.03. The third-order valence-electron chi connectivity index (χ3n) is 4.19. The Hall–Kier alpha value is -2.56. The van der Waals surface area contributed by atoms with Gasteiger partial charge in [-0.3, -0.25) is 9.59 Å². The van der Waals surface area contributed by atoms with Gasteiger partial charge in [0.25, 0.3) is 5.91 Å². The summed E-state index contributed by atoms with van der Waals surface area (Å²) in [6.07, 6.45) is 2.98. The lowest BCUT2D eigenvalue weighted by Crippen LogP contribution is -2.38. The van der Waals surface area contributed by atoms with Crippen molar-refractivity contribution in [3.05, 3.63) is 59.5 Å². The lowest BCUT2D eigenvalue weighted by atomic mass is 10.1. The lowest BCUT2D eigenvalue weighted by molar-refractivity contribution is -0.128. The second-order valence-electron chi connectivity index (χ2n) is 5.77. The number of furan rings is 1. The molecule has 5 heteroatoms. The molecular weight excluding hydrogens is 292 g/mol. The number of benzene rings is 1. The highest BCUT2D eigenvalue weighted by atomic mass is 16.3. The molecule has 1 N–H and O–H groups in total. The van der Waals surface area contributed by atoms with E-state index in [2.05, 4.69) is 5.32 Å². The highest BCUT2D eigenvalue weighted by Gasteiger charge is 2.26. The molecule has 120 valence electrons. The maximum atomic E-state index is 12.5. The first-order valence-corrected chi connectivity index (χ1v) is 7.83.